The zero-order valence-electron chi connectivity index (χ0n) is 16.3. The molecule has 2 atom stereocenters. The Kier molecular flexibility index (Phi) is 7.15. The monoisotopic (exact) mass is 433 g/mol. The van der Waals surface area contributed by atoms with Gasteiger partial charge in [0.2, 0.25) is 0 Å². The van der Waals surface area contributed by atoms with Crippen molar-refractivity contribution in [3.05, 3.63) is 28.8 Å². The molecule has 10 heteroatoms. The van der Waals surface area contributed by atoms with Crippen molar-refractivity contribution < 1.29 is 27.6 Å². The van der Waals surface area contributed by atoms with E-state index in [0.29, 0.717) is 0 Å². The fourth-order valence-corrected chi connectivity index (χ4v) is 3.63. The molecule has 0 aliphatic carbocycles. The molecular formula is C19H23ClF3N3O3. The molecule has 0 radical (unpaired) electrons. The third-order valence-corrected chi connectivity index (χ3v) is 5.08. The molecule has 6 nitrogen and oxygen atoms in total. The minimum Gasteiger partial charge on any atom is -0.333 e. The number of amides is 3. The number of alkyl halides is 3. The number of hydrogen-bond donors (Lipinski definition) is 1. The molecule has 0 unspecified atom stereocenters. The standard InChI is InChI=1S/C19H23ClF3N3O3/c1-11-5-4-6-12(2)26(11)17(28)14-9-13(20)7-8-15(14)24-16(27)18(29)25(3)10-19(21,22)23/h7-9,11-12H,4-6,10H2,1-3H3,(H,24,27)/t11-,12+. The number of likely N-dealkylation sites (N-methyl/N-ethyl adjacent to an activating group) is 1. The number of nitrogens with zero attached hydrogens (tertiary/aromatic N) is 2. The Balaban J connectivity index is 2.25. The average Bonchev–Trinajstić information content (AvgIpc) is 2.60. The number of rotatable bonds is 3. The summed E-state index contributed by atoms with van der Waals surface area (Å²) in [6, 6.07) is 4.10. The highest BCUT2D eigenvalue weighted by atomic mass is 35.5. The summed E-state index contributed by atoms with van der Waals surface area (Å²) in [6.07, 6.45) is -1.98. The molecule has 0 spiro atoms. The van der Waals surface area contributed by atoms with Crippen LogP contribution in [-0.4, -0.2) is 59.4 Å². The summed E-state index contributed by atoms with van der Waals surface area (Å²) in [5.74, 6) is -3.00. The van der Waals surface area contributed by atoms with Crippen LogP contribution in [0.5, 0.6) is 0 Å². The van der Waals surface area contributed by atoms with Crippen LogP contribution in [0.4, 0.5) is 18.9 Å². The van der Waals surface area contributed by atoms with Crippen molar-refractivity contribution in [1.29, 1.82) is 0 Å². The van der Waals surface area contributed by atoms with E-state index in [2.05, 4.69) is 5.32 Å². The van der Waals surface area contributed by atoms with Crippen LogP contribution in [0.15, 0.2) is 18.2 Å². The summed E-state index contributed by atoms with van der Waals surface area (Å²) < 4.78 is 37.4. The summed E-state index contributed by atoms with van der Waals surface area (Å²) in [5.41, 5.74) is 0.0980. The van der Waals surface area contributed by atoms with Gasteiger partial charge < -0.3 is 15.1 Å². The minimum absolute atomic E-state index is 0.0168. The molecule has 29 heavy (non-hydrogen) atoms. The van der Waals surface area contributed by atoms with Crippen LogP contribution in [0, 0.1) is 0 Å². The predicted octanol–water partition coefficient (Wildman–Crippen LogP) is 3.70. The zero-order chi connectivity index (χ0) is 21.9. The first kappa shape index (κ1) is 23.0. The van der Waals surface area contributed by atoms with E-state index in [-0.39, 0.29) is 39.2 Å². The predicted molar refractivity (Wildman–Crippen MR) is 103 cm³/mol. The quantitative estimate of drug-likeness (QED) is 0.739. The summed E-state index contributed by atoms with van der Waals surface area (Å²) in [4.78, 5) is 39.2. The number of nitrogens with one attached hydrogen (secondary N) is 1. The van der Waals surface area contributed by atoms with Gasteiger partial charge in [-0.1, -0.05) is 11.6 Å². The largest absolute Gasteiger partial charge is 0.406 e. The topological polar surface area (TPSA) is 69.7 Å². The third kappa shape index (κ3) is 5.85. The van der Waals surface area contributed by atoms with Crippen molar-refractivity contribution >= 4 is 35.0 Å². The molecule has 1 N–H and O–H groups in total. The second-order valence-electron chi connectivity index (χ2n) is 7.26. The third-order valence-electron chi connectivity index (χ3n) is 4.85. The minimum atomic E-state index is -4.63. The Morgan fingerprint density at radius 1 is 1.21 bits per heavy atom. The van der Waals surface area contributed by atoms with E-state index in [0.717, 1.165) is 26.3 Å². The number of carbonyl (C=O) groups is 3. The Morgan fingerprint density at radius 3 is 2.34 bits per heavy atom. The summed E-state index contributed by atoms with van der Waals surface area (Å²) in [6.45, 7) is 2.28. The molecule has 1 saturated heterocycles. The van der Waals surface area contributed by atoms with Gasteiger partial charge in [0.1, 0.15) is 6.54 Å². The molecule has 1 aromatic rings. The zero-order valence-corrected chi connectivity index (χ0v) is 17.1. The first-order valence-electron chi connectivity index (χ1n) is 9.16. The van der Waals surface area contributed by atoms with Gasteiger partial charge in [-0.2, -0.15) is 13.2 Å². The van der Waals surface area contributed by atoms with Gasteiger partial charge >= 0.3 is 18.0 Å². The lowest BCUT2D eigenvalue weighted by molar-refractivity contribution is -0.161. The molecule has 1 heterocycles. The Hall–Kier alpha value is -2.29. The first-order valence-corrected chi connectivity index (χ1v) is 9.54. The van der Waals surface area contributed by atoms with E-state index in [1.54, 1.807) is 4.90 Å². The number of halogens is 4. The maximum atomic E-state index is 13.1. The highest BCUT2D eigenvalue weighted by Crippen LogP contribution is 2.29. The Labute approximate surface area is 172 Å². The van der Waals surface area contributed by atoms with Crippen molar-refractivity contribution in [2.24, 2.45) is 0 Å². The molecule has 160 valence electrons. The van der Waals surface area contributed by atoms with E-state index in [1.165, 1.54) is 18.2 Å². The molecule has 0 aromatic heterocycles. The summed E-state index contributed by atoms with van der Waals surface area (Å²) >= 11 is 6.01. The van der Waals surface area contributed by atoms with Crippen LogP contribution in [0.1, 0.15) is 43.5 Å². The SMILES string of the molecule is C[C@@H]1CCC[C@H](C)N1C(=O)c1cc(Cl)ccc1NC(=O)C(=O)N(C)CC(F)(F)F. The van der Waals surface area contributed by atoms with Gasteiger partial charge in [-0.25, -0.2) is 0 Å². The lowest BCUT2D eigenvalue weighted by Gasteiger charge is -2.39. The van der Waals surface area contributed by atoms with E-state index < -0.39 is 24.5 Å². The number of benzene rings is 1. The number of piperidine rings is 1. The summed E-state index contributed by atoms with van der Waals surface area (Å²) in [5, 5.41) is 2.50. The van der Waals surface area contributed by atoms with E-state index in [9.17, 15) is 27.6 Å². The van der Waals surface area contributed by atoms with Gasteiger partial charge in [-0.3, -0.25) is 14.4 Å². The lowest BCUT2D eigenvalue weighted by atomic mass is 9.96. The van der Waals surface area contributed by atoms with Crippen molar-refractivity contribution in [1.82, 2.24) is 9.80 Å². The molecule has 3 amide bonds. The number of anilines is 1. The Morgan fingerprint density at radius 2 is 1.79 bits per heavy atom. The highest BCUT2D eigenvalue weighted by molar-refractivity contribution is 6.40. The number of hydrogen-bond acceptors (Lipinski definition) is 3. The van der Waals surface area contributed by atoms with Crippen molar-refractivity contribution in [3.63, 3.8) is 0 Å². The van der Waals surface area contributed by atoms with Gasteiger partial charge in [-0.15, -0.1) is 0 Å². The van der Waals surface area contributed by atoms with Gasteiger partial charge in [-0.05, 0) is 51.3 Å². The van der Waals surface area contributed by atoms with Gasteiger partial charge in [0, 0.05) is 24.2 Å². The lowest BCUT2D eigenvalue weighted by Crippen LogP contribution is -2.47. The van der Waals surface area contributed by atoms with Crippen LogP contribution >= 0.6 is 11.6 Å². The van der Waals surface area contributed by atoms with Gasteiger partial charge in [0.05, 0.1) is 11.3 Å². The second-order valence-corrected chi connectivity index (χ2v) is 7.70. The highest BCUT2D eigenvalue weighted by Gasteiger charge is 2.34. The smallest absolute Gasteiger partial charge is 0.333 e. The molecule has 1 aliphatic heterocycles. The second kappa shape index (κ2) is 9.02. The Bertz CT molecular complexity index is 791. The van der Waals surface area contributed by atoms with Crippen LogP contribution in [-0.2, 0) is 9.59 Å². The van der Waals surface area contributed by atoms with Crippen molar-refractivity contribution in [2.75, 3.05) is 18.9 Å². The van der Waals surface area contributed by atoms with Crippen LogP contribution in [0.3, 0.4) is 0 Å². The fourth-order valence-electron chi connectivity index (χ4n) is 3.45. The normalized spacial score (nSPS) is 19.6. The first-order chi connectivity index (χ1) is 13.4. The maximum Gasteiger partial charge on any atom is 0.406 e. The van der Waals surface area contributed by atoms with Gasteiger partial charge in [0.15, 0.2) is 0 Å². The van der Waals surface area contributed by atoms with E-state index in [1.807, 2.05) is 13.8 Å². The number of carbonyl (C=O) groups excluding carboxylic acids is 3. The maximum absolute atomic E-state index is 13.1. The fraction of sp³-hybridized carbons (Fsp3) is 0.526. The van der Waals surface area contributed by atoms with E-state index in [4.69, 9.17) is 11.6 Å². The van der Waals surface area contributed by atoms with E-state index >= 15 is 0 Å². The number of likely N-dealkylation sites (tertiary alicyclic amines) is 1. The molecular weight excluding hydrogens is 411 g/mol. The average molecular weight is 434 g/mol. The molecule has 0 saturated carbocycles. The van der Waals surface area contributed by atoms with Crippen molar-refractivity contribution in [3.8, 4) is 0 Å². The molecule has 2 rings (SSSR count). The van der Waals surface area contributed by atoms with Crippen LogP contribution < -0.4 is 5.32 Å². The molecule has 1 aromatic carbocycles. The molecule has 1 fully saturated rings. The summed E-state index contributed by atoms with van der Waals surface area (Å²) in [7, 11) is 0.875. The van der Waals surface area contributed by atoms with Crippen LogP contribution in [0.25, 0.3) is 0 Å². The van der Waals surface area contributed by atoms with Gasteiger partial charge in [0.25, 0.3) is 5.91 Å². The van der Waals surface area contributed by atoms with Crippen molar-refractivity contribution in [2.45, 2.75) is 51.4 Å². The molecule has 1 aliphatic rings. The molecule has 0 bridgehead atoms. The van der Waals surface area contributed by atoms with Crippen LogP contribution in [0.2, 0.25) is 5.02 Å².